The SMILES string of the molecule is CSc1ccccc1CN1CCN(C(=O)CO)CC1. The van der Waals surface area contributed by atoms with Gasteiger partial charge in [0.15, 0.2) is 0 Å². The normalized spacial score (nSPS) is 16.6. The average molecular weight is 280 g/mol. The number of nitrogens with zero attached hydrogens (tertiary/aromatic N) is 2. The summed E-state index contributed by atoms with van der Waals surface area (Å²) in [5.74, 6) is -0.163. The maximum Gasteiger partial charge on any atom is 0.248 e. The van der Waals surface area contributed by atoms with Gasteiger partial charge in [0.1, 0.15) is 6.61 Å². The first kappa shape index (κ1) is 14.4. The molecule has 1 aromatic carbocycles. The first-order valence-electron chi connectivity index (χ1n) is 6.47. The molecule has 104 valence electrons. The molecular weight excluding hydrogens is 260 g/mol. The van der Waals surface area contributed by atoms with Crippen molar-refractivity contribution in [3.8, 4) is 0 Å². The smallest absolute Gasteiger partial charge is 0.248 e. The van der Waals surface area contributed by atoms with E-state index in [1.165, 1.54) is 10.5 Å². The van der Waals surface area contributed by atoms with Crippen LogP contribution < -0.4 is 0 Å². The summed E-state index contributed by atoms with van der Waals surface area (Å²) in [5, 5.41) is 8.85. The predicted molar refractivity (Wildman–Crippen MR) is 77.2 cm³/mol. The molecule has 1 aromatic rings. The number of aliphatic hydroxyl groups excluding tert-OH is 1. The molecule has 0 aromatic heterocycles. The van der Waals surface area contributed by atoms with E-state index in [0.717, 1.165) is 19.6 Å². The number of amides is 1. The summed E-state index contributed by atoms with van der Waals surface area (Å²) in [6.45, 7) is 3.71. The third kappa shape index (κ3) is 3.72. The van der Waals surface area contributed by atoms with Crippen LogP contribution >= 0.6 is 11.8 Å². The molecular formula is C14H20N2O2S. The molecule has 1 saturated heterocycles. The van der Waals surface area contributed by atoms with Gasteiger partial charge in [0.25, 0.3) is 0 Å². The van der Waals surface area contributed by atoms with Crippen molar-refractivity contribution in [1.29, 1.82) is 0 Å². The lowest BCUT2D eigenvalue weighted by molar-refractivity contribution is -0.135. The highest BCUT2D eigenvalue weighted by Gasteiger charge is 2.20. The first-order chi connectivity index (χ1) is 9.24. The maximum absolute atomic E-state index is 11.4. The largest absolute Gasteiger partial charge is 0.387 e. The van der Waals surface area contributed by atoms with E-state index in [4.69, 9.17) is 5.11 Å². The Morgan fingerprint density at radius 3 is 2.58 bits per heavy atom. The van der Waals surface area contributed by atoms with E-state index in [1.54, 1.807) is 16.7 Å². The Bertz CT molecular complexity index is 431. The molecule has 1 aliphatic heterocycles. The third-order valence-corrected chi connectivity index (χ3v) is 4.28. The monoisotopic (exact) mass is 280 g/mol. The Morgan fingerprint density at radius 1 is 1.26 bits per heavy atom. The van der Waals surface area contributed by atoms with Crippen LogP contribution in [0.2, 0.25) is 0 Å². The van der Waals surface area contributed by atoms with Gasteiger partial charge in [-0.1, -0.05) is 18.2 Å². The van der Waals surface area contributed by atoms with Crippen molar-refractivity contribution in [2.24, 2.45) is 0 Å². The highest BCUT2D eigenvalue weighted by Crippen LogP contribution is 2.21. The molecule has 0 bridgehead atoms. The number of benzene rings is 1. The number of hydrogen-bond donors (Lipinski definition) is 1. The fourth-order valence-corrected chi connectivity index (χ4v) is 2.94. The van der Waals surface area contributed by atoms with Gasteiger partial charge in [-0.05, 0) is 17.9 Å². The van der Waals surface area contributed by atoms with Gasteiger partial charge < -0.3 is 10.0 Å². The summed E-state index contributed by atoms with van der Waals surface area (Å²) < 4.78 is 0. The Balaban J connectivity index is 1.90. The zero-order valence-corrected chi connectivity index (χ0v) is 12.0. The Morgan fingerprint density at radius 2 is 1.95 bits per heavy atom. The van der Waals surface area contributed by atoms with Crippen LogP contribution in [0.5, 0.6) is 0 Å². The number of hydrogen-bond acceptors (Lipinski definition) is 4. The summed E-state index contributed by atoms with van der Waals surface area (Å²) in [5.41, 5.74) is 1.34. The van der Waals surface area contributed by atoms with Crippen molar-refractivity contribution in [3.63, 3.8) is 0 Å². The Hall–Kier alpha value is -1.04. The lowest BCUT2D eigenvalue weighted by atomic mass is 10.2. The van der Waals surface area contributed by atoms with Crippen LogP contribution in [0.1, 0.15) is 5.56 Å². The molecule has 1 aliphatic rings. The van der Waals surface area contributed by atoms with E-state index >= 15 is 0 Å². The molecule has 0 aliphatic carbocycles. The minimum Gasteiger partial charge on any atom is -0.387 e. The van der Waals surface area contributed by atoms with Gasteiger partial charge >= 0.3 is 0 Å². The summed E-state index contributed by atoms with van der Waals surface area (Å²) in [6.07, 6.45) is 2.09. The first-order valence-corrected chi connectivity index (χ1v) is 7.70. The number of aliphatic hydroxyl groups is 1. The standard InChI is InChI=1S/C14H20N2O2S/c1-19-13-5-3-2-4-12(13)10-15-6-8-16(9-7-15)14(18)11-17/h2-5,17H,6-11H2,1H3. The van der Waals surface area contributed by atoms with E-state index in [2.05, 4.69) is 35.4 Å². The molecule has 0 spiro atoms. The quantitative estimate of drug-likeness (QED) is 0.837. The summed E-state index contributed by atoms with van der Waals surface area (Å²) in [6, 6.07) is 8.44. The van der Waals surface area contributed by atoms with Crippen molar-refractivity contribution in [1.82, 2.24) is 9.80 Å². The zero-order chi connectivity index (χ0) is 13.7. The molecule has 1 amide bonds. The van der Waals surface area contributed by atoms with E-state index in [1.807, 2.05) is 0 Å². The van der Waals surface area contributed by atoms with Crippen molar-refractivity contribution in [2.45, 2.75) is 11.4 Å². The Kier molecular flexibility index (Phi) is 5.24. The van der Waals surface area contributed by atoms with Crippen LogP contribution in [-0.4, -0.2) is 59.9 Å². The fraction of sp³-hybridized carbons (Fsp3) is 0.500. The van der Waals surface area contributed by atoms with E-state index < -0.39 is 0 Å². The number of rotatable bonds is 4. The van der Waals surface area contributed by atoms with Crippen molar-refractivity contribution in [2.75, 3.05) is 39.0 Å². The molecule has 0 radical (unpaired) electrons. The van der Waals surface area contributed by atoms with Gasteiger partial charge in [0.05, 0.1) is 0 Å². The molecule has 1 heterocycles. The number of piperazine rings is 1. The van der Waals surface area contributed by atoms with Crippen LogP contribution in [0.4, 0.5) is 0 Å². The second-order valence-corrected chi connectivity index (χ2v) is 5.47. The minimum absolute atomic E-state index is 0.163. The van der Waals surface area contributed by atoms with E-state index in [0.29, 0.717) is 13.1 Å². The topological polar surface area (TPSA) is 43.8 Å². The highest BCUT2D eigenvalue weighted by molar-refractivity contribution is 7.98. The van der Waals surface area contributed by atoms with Gasteiger partial charge in [0, 0.05) is 37.6 Å². The van der Waals surface area contributed by atoms with Crippen molar-refractivity contribution >= 4 is 17.7 Å². The van der Waals surface area contributed by atoms with Crippen LogP contribution in [0.25, 0.3) is 0 Å². The number of thioether (sulfide) groups is 1. The zero-order valence-electron chi connectivity index (χ0n) is 11.2. The van der Waals surface area contributed by atoms with Gasteiger partial charge in [-0.2, -0.15) is 0 Å². The van der Waals surface area contributed by atoms with Crippen LogP contribution in [0.15, 0.2) is 29.2 Å². The van der Waals surface area contributed by atoms with Crippen LogP contribution in [0.3, 0.4) is 0 Å². The fourth-order valence-electron chi connectivity index (χ4n) is 2.33. The Labute approximate surface area is 118 Å². The maximum atomic E-state index is 11.4. The molecule has 0 atom stereocenters. The molecule has 4 nitrogen and oxygen atoms in total. The lowest BCUT2D eigenvalue weighted by Gasteiger charge is -2.34. The summed E-state index contributed by atoms with van der Waals surface area (Å²) >= 11 is 1.77. The lowest BCUT2D eigenvalue weighted by Crippen LogP contribution is -2.49. The van der Waals surface area contributed by atoms with E-state index in [9.17, 15) is 4.79 Å². The summed E-state index contributed by atoms with van der Waals surface area (Å²) in [4.78, 5) is 16.8. The highest BCUT2D eigenvalue weighted by atomic mass is 32.2. The molecule has 0 unspecified atom stereocenters. The van der Waals surface area contributed by atoms with Crippen molar-refractivity contribution < 1.29 is 9.90 Å². The van der Waals surface area contributed by atoms with Gasteiger partial charge in [-0.25, -0.2) is 0 Å². The molecule has 1 fully saturated rings. The second-order valence-electron chi connectivity index (χ2n) is 4.63. The molecule has 0 saturated carbocycles. The van der Waals surface area contributed by atoms with Crippen LogP contribution in [0, 0.1) is 0 Å². The molecule has 19 heavy (non-hydrogen) atoms. The number of carbonyl (C=O) groups is 1. The third-order valence-electron chi connectivity index (χ3n) is 3.45. The number of carbonyl (C=O) groups excluding carboxylic acids is 1. The van der Waals surface area contributed by atoms with Crippen LogP contribution in [-0.2, 0) is 11.3 Å². The molecule has 2 rings (SSSR count). The minimum atomic E-state index is -0.380. The molecule has 5 heteroatoms. The van der Waals surface area contributed by atoms with Crippen molar-refractivity contribution in [3.05, 3.63) is 29.8 Å². The summed E-state index contributed by atoms with van der Waals surface area (Å²) in [7, 11) is 0. The molecule has 1 N–H and O–H groups in total. The van der Waals surface area contributed by atoms with Gasteiger partial charge in [-0.3, -0.25) is 9.69 Å². The van der Waals surface area contributed by atoms with Gasteiger partial charge in [0.2, 0.25) is 5.91 Å². The average Bonchev–Trinajstić information content (AvgIpc) is 2.48. The van der Waals surface area contributed by atoms with E-state index in [-0.39, 0.29) is 12.5 Å². The van der Waals surface area contributed by atoms with Gasteiger partial charge in [-0.15, -0.1) is 11.8 Å². The predicted octanol–water partition coefficient (Wildman–Crippen LogP) is 1.04. The second kappa shape index (κ2) is 6.93.